The van der Waals surface area contributed by atoms with Gasteiger partial charge in [0.05, 0.1) is 12.1 Å². The van der Waals surface area contributed by atoms with Gasteiger partial charge in [-0.15, -0.1) is 10.2 Å². The molecule has 1 aromatic heterocycles. The Morgan fingerprint density at radius 2 is 2.05 bits per heavy atom. The molecule has 1 aromatic carbocycles. The minimum Gasteiger partial charge on any atom is -0.419 e. The zero-order valence-corrected chi connectivity index (χ0v) is 14.2. The number of hydrogen-bond acceptors (Lipinski definition) is 4. The summed E-state index contributed by atoms with van der Waals surface area (Å²) in [6, 6.07) is 8.31. The lowest BCUT2D eigenvalue weighted by molar-refractivity contribution is 0.429. The molecule has 114 valence electrons. The van der Waals surface area contributed by atoms with Gasteiger partial charge in [-0.3, -0.25) is 0 Å². The summed E-state index contributed by atoms with van der Waals surface area (Å²) in [5.74, 6) is 1.18. The van der Waals surface area contributed by atoms with Gasteiger partial charge in [0.25, 0.3) is 0 Å². The predicted octanol–water partition coefficient (Wildman–Crippen LogP) is 4.56. The van der Waals surface area contributed by atoms with Crippen molar-refractivity contribution in [3.8, 4) is 11.5 Å². The number of nitrogens with zero attached hydrogens (tertiary/aromatic N) is 2. The fourth-order valence-electron chi connectivity index (χ4n) is 2.13. The van der Waals surface area contributed by atoms with E-state index in [4.69, 9.17) is 4.42 Å². The van der Waals surface area contributed by atoms with E-state index in [1.807, 2.05) is 24.3 Å². The Bertz CT molecular complexity index is 556. The van der Waals surface area contributed by atoms with Crippen LogP contribution in [0, 0.1) is 0 Å². The number of benzene rings is 1. The van der Waals surface area contributed by atoms with E-state index in [-0.39, 0.29) is 0 Å². The SMILES string of the molecule is CCCCCC(C)NCc1nnc(-c2ccccc2Br)o1. The van der Waals surface area contributed by atoms with E-state index in [1.165, 1.54) is 25.7 Å². The fourth-order valence-corrected chi connectivity index (χ4v) is 2.59. The Kier molecular flexibility index (Phi) is 6.39. The van der Waals surface area contributed by atoms with Crippen molar-refractivity contribution < 1.29 is 4.42 Å². The number of nitrogens with one attached hydrogen (secondary N) is 1. The maximum absolute atomic E-state index is 5.71. The van der Waals surface area contributed by atoms with Gasteiger partial charge in [0.15, 0.2) is 0 Å². The van der Waals surface area contributed by atoms with Gasteiger partial charge in [-0.25, -0.2) is 0 Å². The number of hydrogen-bond donors (Lipinski definition) is 1. The molecule has 2 rings (SSSR count). The predicted molar refractivity (Wildman–Crippen MR) is 87.9 cm³/mol. The van der Waals surface area contributed by atoms with Gasteiger partial charge in [-0.1, -0.05) is 38.3 Å². The highest BCUT2D eigenvalue weighted by Gasteiger charge is 2.11. The zero-order chi connectivity index (χ0) is 15.1. The van der Waals surface area contributed by atoms with Gasteiger partial charge < -0.3 is 9.73 Å². The van der Waals surface area contributed by atoms with Gasteiger partial charge in [0.2, 0.25) is 11.8 Å². The third-order valence-corrected chi connectivity index (χ3v) is 4.11. The average molecular weight is 352 g/mol. The van der Waals surface area contributed by atoms with Gasteiger partial charge in [-0.05, 0) is 41.4 Å². The molecule has 0 radical (unpaired) electrons. The topological polar surface area (TPSA) is 51.0 Å². The fraction of sp³-hybridized carbons (Fsp3) is 0.500. The Hall–Kier alpha value is -1.20. The quantitative estimate of drug-likeness (QED) is 0.708. The molecule has 0 spiro atoms. The number of rotatable bonds is 8. The molecule has 1 N–H and O–H groups in total. The zero-order valence-electron chi connectivity index (χ0n) is 12.6. The maximum Gasteiger partial charge on any atom is 0.248 e. The first-order valence-corrected chi connectivity index (χ1v) is 8.30. The summed E-state index contributed by atoms with van der Waals surface area (Å²) in [6.07, 6.45) is 4.99. The largest absolute Gasteiger partial charge is 0.419 e. The highest BCUT2D eigenvalue weighted by Crippen LogP contribution is 2.26. The molecule has 0 aliphatic rings. The molecule has 2 aromatic rings. The van der Waals surface area contributed by atoms with E-state index in [0.29, 0.717) is 24.4 Å². The molecule has 4 nitrogen and oxygen atoms in total. The van der Waals surface area contributed by atoms with Crippen LogP contribution in [0.2, 0.25) is 0 Å². The summed E-state index contributed by atoms with van der Waals surface area (Å²) in [6.45, 7) is 5.03. The van der Waals surface area contributed by atoms with Crippen LogP contribution in [-0.4, -0.2) is 16.2 Å². The lowest BCUT2D eigenvalue weighted by Gasteiger charge is -2.11. The van der Waals surface area contributed by atoms with Crippen LogP contribution >= 0.6 is 15.9 Å². The van der Waals surface area contributed by atoms with Crippen molar-refractivity contribution in [2.75, 3.05) is 0 Å². The molecule has 0 aliphatic heterocycles. The van der Waals surface area contributed by atoms with Gasteiger partial charge in [0.1, 0.15) is 0 Å². The molecule has 0 aliphatic carbocycles. The molecule has 1 unspecified atom stereocenters. The van der Waals surface area contributed by atoms with Crippen molar-refractivity contribution in [3.63, 3.8) is 0 Å². The smallest absolute Gasteiger partial charge is 0.248 e. The minimum atomic E-state index is 0.468. The standard InChI is InChI=1S/C16H22BrN3O/c1-3-4-5-8-12(2)18-11-15-19-20-16(21-15)13-9-6-7-10-14(13)17/h6-7,9-10,12,18H,3-5,8,11H2,1-2H3. The second kappa shape index (κ2) is 8.29. The molecular weight excluding hydrogens is 330 g/mol. The number of unbranched alkanes of at least 4 members (excludes halogenated alkanes) is 2. The van der Waals surface area contributed by atoms with Crippen LogP contribution in [-0.2, 0) is 6.54 Å². The Morgan fingerprint density at radius 1 is 1.24 bits per heavy atom. The molecule has 5 heteroatoms. The maximum atomic E-state index is 5.71. The summed E-state index contributed by atoms with van der Waals surface area (Å²) in [5, 5.41) is 11.6. The molecule has 0 saturated heterocycles. The van der Waals surface area contributed by atoms with E-state index in [1.54, 1.807) is 0 Å². The van der Waals surface area contributed by atoms with E-state index < -0.39 is 0 Å². The summed E-state index contributed by atoms with van der Waals surface area (Å²) in [5.41, 5.74) is 0.923. The first-order valence-electron chi connectivity index (χ1n) is 7.51. The molecular formula is C16H22BrN3O. The van der Waals surface area contributed by atoms with E-state index in [2.05, 4.69) is 45.3 Å². The first kappa shape index (κ1) is 16.2. The second-order valence-electron chi connectivity index (χ2n) is 5.26. The number of aromatic nitrogens is 2. The van der Waals surface area contributed by atoms with Gasteiger partial charge in [0, 0.05) is 10.5 Å². The molecule has 0 bridgehead atoms. The molecule has 1 heterocycles. The Morgan fingerprint density at radius 3 is 2.81 bits per heavy atom. The van der Waals surface area contributed by atoms with Crippen LogP contribution in [0.4, 0.5) is 0 Å². The van der Waals surface area contributed by atoms with Crippen molar-refractivity contribution in [2.24, 2.45) is 0 Å². The van der Waals surface area contributed by atoms with Crippen LogP contribution in [0.3, 0.4) is 0 Å². The third-order valence-electron chi connectivity index (χ3n) is 3.41. The Labute approximate surface area is 134 Å². The first-order chi connectivity index (χ1) is 10.2. The van der Waals surface area contributed by atoms with Crippen LogP contribution in [0.5, 0.6) is 0 Å². The van der Waals surface area contributed by atoms with Crippen LogP contribution in [0.25, 0.3) is 11.5 Å². The highest BCUT2D eigenvalue weighted by molar-refractivity contribution is 9.10. The molecule has 21 heavy (non-hydrogen) atoms. The van der Waals surface area contributed by atoms with E-state index in [9.17, 15) is 0 Å². The monoisotopic (exact) mass is 351 g/mol. The summed E-state index contributed by atoms with van der Waals surface area (Å²) in [7, 11) is 0. The third kappa shape index (κ3) is 4.93. The minimum absolute atomic E-state index is 0.468. The Balaban J connectivity index is 1.88. The molecule has 0 saturated carbocycles. The van der Waals surface area contributed by atoms with E-state index in [0.717, 1.165) is 10.0 Å². The normalized spacial score (nSPS) is 12.5. The van der Waals surface area contributed by atoms with Crippen molar-refractivity contribution in [2.45, 2.75) is 52.1 Å². The van der Waals surface area contributed by atoms with Crippen molar-refractivity contribution in [1.82, 2.24) is 15.5 Å². The van der Waals surface area contributed by atoms with Crippen LogP contribution in [0.15, 0.2) is 33.2 Å². The van der Waals surface area contributed by atoms with Crippen LogP contribution < -0.4 is 5.32 Å². The summed E-state index contributed by atoms with van der Waals surface area (Å²) in [4.78, 5) is 0. The van der Waals surface area contributed by atoms with Crippen LogP contribution in [0.1, 0.15) is 45.4 Å². The summed E-state index contributed by atoms with van der Waals surface area (Å²) < 4.78 is 6.67. The molecule has 0 fully saturated rings. The van der Waals surface area contributed by atoms with E-state index >= 15 is 0 Å². The summed E-state index contributed by atoms with van der Waals surface area (Å²) >= 11 is 3.50. The second-order valence-corrected chi connectivity index (χ2v) is 6.11. The number of halogens is 1. The van der Waals surface area contributed by atoms with Crippen molar-refractivity contribution >= 4 is 15.9 Å². The average Bonchev–Trinajstić information content (AvgIpc) is 2.94. The lowest BCUT2D eigenvalue weighted by Crippen LogP contribution is -2.25. The van der Waals surface area contributed by atoms with Gasteiger partial charge in [-0.2, -0.15) is 0 Å². The van der Waals surface area contributed by atoms with Crippen molar-refractivity contribution in [1.29, 1.82) is 0 Å². The highest BCUT2D eigenvalue weighted by atomic mass is 79.9. The molecule has 0 amide bonds. The lowest BCUT2D eigenvalue weighted by atomic mass is 10.1. The van der Waals surface area contributed by atoms with Crippen molar-refractivity contribution in [3.05, 3.63) is 34.6 Å². The molecule has 1 atom stereocenters. The van der Waals surface area contributed by atoms with Gasteiger partial charge >= 0.3 is 0 Å².